The molecule has 0 atom stereocenters. The number of anilines is 2. The van der Waals surface area contributed by atoms with Gasteiger partial charge in [0, 0.05) is 57.3 Å². The molecule has 0 aliphatic carbocycles. The normalized spacial score (nSPS) is 14.6. The second-order valence-corrected chi connectivity index (χ2v) is 6.34. The quantitative estimate of drug-likeness (QED) is 0.410. The highest BCUT2D eigenvalue weighted by atomic mass is 16.6. The van der Waals surface area contributed by atoms with Crippen LogP contribution in [0, 0.1) is 20.2 Å². The Hall–Kier alpha value is -3.34. The lowest BCUT2D eigenvalue weighted by Crippen LogP contribution is -2.47. The summed E-state index contributed by atoms with van der Waals surface area (Å²) in [7, 11) is 0. The Kier molecular flexibility index (Phi) is 6.27. The van der Waals surface area contributed by atoms with Crippen molar-refractivity contribution in [2.24, 2.45) is 0 Å². The van der Waals surface area contributed by atoms with E-state index in [-0.39, 0.29) is 17.2 Å². The molecule has 11 heteroatoms. The summed E-state index contributed by atoms with van der Waals surface area (Å²) in [5, 5.41) is 25.2. The minimum Gasteiger partial charge on any atom is -0.364 e. The van der Waals surface area contributed by atoms with E-state index in [2.05, 4.69) is 20.2 Å². The van der Waals surface area contributed by atoms with Crippen LogP contribution in [0.25, 0.3) is 0 Å². The van der Waals surface area contributed by atoms with E-state index >= 15 is 0 Å². The van der Waals surface area contributed by atoms with Crippen molar-refractivity contribution in [1.29, 1.82) is 0 Å². The molecule has 1 aliphatic heterocycles. The van der Waals surface area contributed by atoms with Crippen LogP contribution in [0.4, 0.5) is 23.0 Å². The van der Waals surface area contributed by atoms with Crippen molar-refractivity contribution < 1.29 is 9.85 Å². The molecule has 0 aromatic carbocycles. The number of rotatable bonds is 8. The molecule has 0 saturated carbocycles. The predicted octanol–water partition coefficient (Wildman–Crippen LogP) is 1.92. The molecule has 2 aromatic heterocycles. The summed E-state index contributed by atoms with van der Waals surface area (Å²) in [4.78, 5) is 33.7. The third-order valence-electron chi connectivity index (χ3n) is 4.56. The molecule has 28 heavy (non-hydrogen) atoms. The van der Waals surface area contributed by atoms with E-state index < -0.39 is 9.85 Å². The monoisotopic (exact) mass is 387 g/mol. The van der Waals surface area contributed by atoms with Crippen molar-refractivity contribution in [2.45, 2.75) is 6.42 Å². The van der Waals surface area contributed by atoms with Crippen molar-refractivity contribution in [3.8, 4) is 0 Å². The zero-order valence-electron chi connectivity index (χ0n) is 15.2. The fourth-order valence-corrected chi connectivity index (χ4v) is 3.15. The molecule has 1 N–H and O–H groups in total. The summed E-state index contributed by atoms with van der Waals surface area (Å²) >= 11 is 0. The number of aromatic nitrogens is 2. The van der Waals surface area contributed by atoms with Crippen LogP contribution in [0.3, 0.4) is 0 Å². The Morgan fingerprint density at radius 3 is 2.29 bits per heavy atom. The maximum atomic E-state index is 11.2. The number of nitrogens with one attached hydrogen (secondary N) is 1. The van der Waals surface area contributed by atoms with Gasteiger partial charge >= 0.3 is 11.4 Å². The van der Waals surface area contributed by atoms with Crippen molar-refractivity contribution in [2.75, 3.05) is 49.5 Å². The van der Waals surface area contributed by atoms with Gasteiger partial charge in [-0.2, -0.15) is 0 Å². The summed E-state index contributed by atoms with van der Waals surface area (Å²) in [6.07, 6.45) is 3.89. The molecule has 3 rings (SSSR count). The molecule has 2 aromatic rings. The molecule has 3 heterocycles. The average molecular weight is 387 g/mol. The van der Waals surface area contributed by atoms with Gasteiger partial charge in [0.25, 0.3) is 0 Å². The molecule has 1 fully saturated rings. The summed E-state index contributed by atoms with van der Waals surface area (Å²) in [5.41, 5.74) is -0.00910. The van der Waals surface area contributed by atoms with Gasteiger partial charge in [-0.25, -0.2) is 9.97 Å². The van der Waals surface area contributed by atoms with Crippen LogP contribution in [0.5, 0.6) is 0 Å². The average Bonchev–Trinajstić information content (AvgIpc) is 2.72. The zero-order valence-corrected chi connectivity index (χ0v) is 15.2. The first-order valence-corrected chi connectivity index (χ1v) is 8.96. The minimum atomic E-state index is -0.453. The third kappa shape index (κ3) is 4.68. The number of nitrogens with zero attached hydrogens (tertiary/aromatic N) is 6. The first-order chi connectivity index (χ1) is 13.6. The molecule has 11 nitrogen and oxygen atoms in total. The molecular formula is C17H21N7O4. The van der Waals surface area contributed by atoms with Gasteiger partial charge in [-0.15, -0.1) is 0 Å². The van der Waals surface area contributed by atoms with E-state index in [1.807, 2.05) is 4.90 Å². The van der Waals surface area contributed by atoms with E-state index in [1.54, 1.807) is 12.3 Å². The highest BCUT2D eigenvalue weighted by Crippen LogP contribution is 2.25. The van der Waals surface area contributed by atoms with Crippen LogP contribution in [0.1, 0.15) is 6.42 Å². The topological polar surface area (TPSA) is 131 Å². The standard InChI is InChI=1S/C17H21N7O4/c25-23(26)14-4-1-6-18-16(14)19-8-3-9-21-10-12-22(13-11-21)17-15(24(27)28)5-2-7-20-17/h1-2,4-7H,3,8-13H2,(H,18,19). The first-order valence-electron chi connectivity index (χ1n) is 8.96. The van der Waals surface area contributed by atoms with Gasteiger partial charge in [-0.1, -0.05) is 0 Å². The number of piperazine rings is 1. The Balaban J connectivity index is 1.45. The van der Waals surface area contributed by atoms with Crippen LogP contribution in [0.2, 0.25) is 0 Å². The smallest absolute Gasteiger partial charge is 0.311 e. The maximum absolute atomic E-state index is 11.2. The molecule has 0 bridgehead atoms. The largest absolute Gasteiger partial charge is 0.364 e. The van der Waals surface area contributed by atoms with Crippen LogP contribution < -0.4 is 10.2 Å². The van der Waals surface area contributed by atoms with E-state index in [4.69, 9.17) is 0 Å². The van der Waals surface area contributed by atoms with E-state index in [1.165, 1.54) is 24.4 Å². The highest BCUT2D eigenvalue weighted by Gasteiger charge is 2.24. The van der Waals surface area contributed by atoms with E-state index in [0.717, 1.165) is 26.1 Å². The molecular weight excluding hydrogens is 366 g/mol. The predicted molar refractivity (Wildman–Crippen MR) is 104 cm³/mol. The molecule has 0 amide bonds. The fourth-order valence-electron chi connectivity index (χ4n) is 3.15. The summed E-state index contributed by atoms with van der Waals surface area (Å²) < 4.78 is 0. The van der Waals surface area contributed by atoms with Gasteiger partial charge in [0.05, 0.1) is 9.85 Å². The van der Waals surface area contributed by atoms with Gasteiger partial charge < -0.3 is 10.2 Å². The molecule has 0 spiro atoms. The van der Waals surface area contributed by atoms with Crippen molar-refractivity contribution in [3.05, 3.63) is 56.9 Å². The van der Waals surface area contributed by atoms with Gasteiger partial charge in [-0.05, 0) is 25.1 Å². The third-order valence-corrected chi connectivity index (χ3v) is 4.56. The fraction of sp³-hybridized carbons (Fsp3) is 0.412. The van der Waals surface area contributed by atoms with Gasteiger partial charge in [0.15, 0.2) is 0 Å². The number of hydrogen-bond donors (Lipinski definition) is 1. The molecule has 0 radical (unpaired) electrons. The summed E-state index contributed by atoms with van der Waals surface area (Å²) in [6, 6.07) is 5.99. The van der Waals surface area contributed by atoms with Crippen LogP contribution in [-0.2, 0) is 0 Å². The lowest BCUT2D eigenvalue weighted by molar-refractivity contribution is -0.384. The van der Waals surface area contributed by atoms with Crippen LogP contribution in [0.15, 0.2) is 36.7 Å². The van der Waals surface area contributed by atoms with Crippen molar-refractivity contribution >= 4 is 23.0 Å². The Bertz CT molecular complexity index is 840. The van der Waals surface area contributed by atoms with E-state index in [0.29, 0.717) is 25.5 Å². The Morgan fingerprint density at radius 2 is 1.61 bits per heavy atom. The van der Waals surface area contributed by atoms with Crippen LogP contribution in [-0.4, -0.2) is 64.0 Å². The van der Waals surface area contributed by atoms with Gasteiger partial charge in [0.1, 0.15) is 0 Å². The number of pyridine rings is 2. The highest BCUT2D eigenvalue weighted by molar-refractivity contribution is 5.57. The second kappa shape index (κ2) is 9.04. The Morgan fingerprint density at radius 1 is 0.964 bits per heavy atom. The lowest BCUT2D eigenvalue weighted by atomic mass is 10.2. The first kappa shape index (κ1) is 19.4. The number of hydrogen-bond acceptors (Lipinski definition) is 9. The van der Waals surface area contributed by atoms with Gasteiger partial charge in [0.2, 0.25) is 11.6 Å². The Labute approximate surface area is 161 Å². The minimum absolute atomic E-state index is 0.0251. The van der Waals surface area contributed by atoms with Crippen LogP contribution >= 0.6 is 0 Å². The number of nitro groups is 2. The van der Waals surface area contributed by atoms with Crippen molar-refractivity contribution in [3.63, 3.8) is 0 Å². The SMILES string of the molecule is O=[N+]([O-])c1cccnc1NCCCN1CCN(c2ncccc2[N+](=O)[O-])CC1. The summed E-state index contributed by atoms with van der Waals surface area (Å²) in [6.45, 7) is 4.28. The molecule has 1 saturated heterocycles. The summed E-state index contributed by atoms with van der Waals surface area (Å²) in [5.74, 6) is 0.691. The zero-order chi connectivity index (χ0) is 19.9. The maximum Gasteiger partial charge on any atom is 0.311 e. The lowest BCUT2D eigenvalue weighted by Gasteiger charge is -2.35. The van der Waals surface area contributed by atoms with Crippen molar-refractivity contribution in [1.82, 2.24) is 14.9 Å². The molecule has 0 unspecified atom stereocenters. The van der Waals surface area contributed by atoms with E-state index in [9.17, 15) is 20.2 Å². The second-order valence-electron chi connectivity index (χ2n) is 6.34. The van der Waals surface area contributed by atoms with Gasteiger partial charge in [-0.3, -0.25) is 25.1 Å². The molecule has 148 valence electrons. The molecule has 1 aliphatic rings.